The molecule has 0 heterocycles. The summed E-state index contributed by atoms with van der Waals surface area (Å²) in [5.41, 5.74) is 9.28. The van der Waals surface area contributed by atoms with E-state index >= 15 is 0 Å². The SMILES string of the molecule is CC1(C)C2CCC1(C)C1(C2)c2ccccc2-c2c(N(c3ccccc3)c3cccc(Cl)c3Cl)cccc21. The van der Waals surface area contributed by atoms with E-state index in [1.165, 1.54) is 41.5 Å². The predicted molar refractivity (Wildman–Crippen MR) is 157 cm³/mol. The molecule has 186 valence electrons. The molecule has 7 rings (SSSR count). The highest BCUT2D eigenvalue weighted by molar-refractivity contribution is 6.44. The van der Waals surface area contributed by atoms with Crippen LogP contribution in [0.1, 0.15) is 51.2 Å². The Kier molecular flexibility index (Phi) is 4.98. The van der Waals surface area contributed by atoms with Crippen molar-refractivity contribution in [2.24, 2.45) is 16.7 Å². The van der Waals surface area contributed by atoms with E-state index in [2.05, 4.69) is 105 Å². The average Bonchev–Trinajstić information content (AvgIpc) is 3.39. The summed E-state index contributed by atoms with van der Waals surface area (Å²) in [4.78, 5) is 2.30. The van der Waals surface area contributed by atoms with Crippen LogP contribution in [0.2, 0.25) is 10.0 Å². The van der Waals surface area contributed by atoms with Gasteiger partial charge in [0.25, 0.3) is 0 Å². The highest BCUT2D eigenvalue weighted by Gasteiger charge is 2.71. The third-order valence-corrected chi connectivity index (χ3v) is 11.3. The lowest BCUT2D eigenvalue weighted by atomic mass is 9.55. The Balaban J connectivity index is 1.56. The third kappa shape index (κ3) is 2.83. The summed E-state index contributed by atoms with van der Waals surface area (Å²) in [7, 11) is 0. The van der Waals surface area contributed by atoms with Crippen molar-refractivity contribution in [2.45, 2.75) is 45.4 Å². The normalized spacial score (nSPS) is 26.4. The molecule has 0 amide bonds. The molecule has 3 heteroatoms. The average molecular weight is 525 g/mol. The van der Waals surface area contributed by atoms with Gasteiger partial charge in [0.2, 0.25) is 0 Å². The van der Waals surface area contributed by atoms with Gasteiger partial charge in [-0.05, 0) is 83.0 Å². The van der Waals surface area contributed by atoms with Crippen LogP contribution in [0.3, 0.4) is 0 Å². The van der Waals surface area contributed by atoms with Crippen molar-refractivity contribution < 1.29 is 0 Å². The minimum atomic E-state index is 0.0157. The quantitative estimate of drug-likeness (QED) is 0.258. The Labute approximate surface area is 230 Å². The molecule has 3 aliphatic rings. The Morgan fingerprint density at radius 2 is 1.41 bits per heavy atom. The van der Waals surface area contributed by atoms with Gasteiger partial charge in [-0.2, -0.15) is 0 Å². The van der Waals surface area contributed by atoms with Gasteiger partial charge in [-0.3, -0.25) is 0 Å². The number of hydrogen-bond donors (Lipinski definition) is 0. The minimum Gasteiger partial charge on any atom is -0.308 e. The largest absolute Gasteiger partial charge is 0.308 e. The van der Waals surface area contributed by atoms with Crippen molar-refractivity contribution in [3.63, 3.8) is 0 Å². The zero-order chi connectivity index (χ0) is 25.6. The maximum Gasteiger partial charge on any atom is 0.0832 e. The Morgan fingerprint density at radius 1 is 0.730 bits per heavy atom. The highest BCUT2D eigenvalue weighted by atomic mass is 35.5. The van der Waals surface area contributed by atoms with Crippen LogP contribution in [0.4, 0.5) is 17.1 Å². The van der Waals surface area contributed by atoms with Crippen LogP contribution in [-0.4, -0.2) is 0 Å². The molecule has 4 aromatic carbocycles. The van der Waals surface area contributed by atoms with E-state index in [0.29, 0.717) is 10.0 Å². The van der Waals surface area contributed by atoms with Crippen molar-refractivity contribution in [2.75, 3.05) is 4.90 Å². The van der Waals surface area contributed by atoms with Crippen molar-refractivity contribution in [1.82, 2.24) is 0 Å². The summed E-state index contributed by atoms with van der Waals surface area (Å²) >= 11 is 13.5. The second kappa shape index (κ2) is 7.88. The van der Waals surface area contributed by atoms with E-state index in [-0.39, 0.29) is 16.2 Å². The molecule has 0 aromatic heterocycles. The molecule has 2 saturated carbocycles. The topological polar surface area (TPSA) is 3.24 Å². The van der Waals surface area contributed by atoms with Crippen LogP contribution in [0.5, 0.6) is 0 Å². The van der Waals surface area contributed by atoms with Crippen LogP contribution in [-0.2, 0) is 5.41 Å². The Hall–Kier alpha value is -2.74. The second-order valence-corrected chi connectivity index (χ2v) is 12.7. The molecule has 3 atom stereocenters. The molecule has 3 unspecified atom stereocenters. The molecule has 0 aliphatic heterocycles. The van der Waals surface area contributed by atoms with Crippen LogP contribution < -0.4 is 4.90 Å². The number of halogens is 2. The van der Waals surface area contributed by atoms with Crippen LogP contribution in [0, 0.1) is 16.7 Å². The van der Waals surface area contributed by atoms with Crippen LogP contribution >= 0.6 is 23.2 Å². The smallest absolute Gasteiger partial charge is 0.0832 e. The van der Waals surface area contributed by atoms with Gasteiger partial charge in [-0.15, -0.1) is 0 Å². The standard InChI is InChI=1S/C34H31Cl2N/c1-32(2)22-19-20-33(32,3)34(21-22)25-14-8-7-13-24(25)30-26(34)15-9-17-28(30)37(23-11-5-4-6-12-23)29-18-10-16-27(35)31(29)36/h4-18,22H,19-21H2,1-3H3. The fraction of sp³-hybridized carbons (Fsp3) is 0.294. The van der Waals surface area contributed by atoms with Gasteiger partial charge in [0.05, 0.1) is 21.4 Å². The summed E-state index contributed by atoms with van der Waals surface area (Å²) < 4.78 is 0. The lowest BCUT2D eigenvalue weighted by Gasteiger charge is -2.48. The van der Waals surface area contributed by atoms with Crippen molar-refractivity contribution in [3.05, 3.63) is 112 Å². The Morgan fingerprint density at radius 3 is 2.14 bits per heavy atom. The third-order valence-electron chi connectivity index (χ3n) is 10.5. The van der Waals surface area contributed by atoms with E-state index in [1.54, 1.807) is 0 Å². The zero-order valence-corrected chi connectivity index (χ0v) is 23.1. The molecular formula is C34H31Cl2N. The molecule has 4 aromatic rings. The summed E-state index contributed by atoms with van der Waals surface area (Å²) in [5, 5.41) is 1.13. The van der Waals surface area contributed by atoms with Gasteiger partial charge in [0, 0.05) is 16.7 Å². The molecule has 2 fully saturated rings. The van der Waals surface area contributed by atoms with Gasteiger partial charge in [0.15, 0.2) is 0 Å². The maximum absolute atomic E-state index is 6.90. The van der Waals surface area contributed by atoms with E-state index in [9.17, 15) is 0 Å². The minimum absolute atomic E-state index is 0.0157. The van der Waals surface area contributed by atoms with Crippen molar-refractivity contribution in [1.29, 1.82) is 0 Å². The fourth-order valence-corrected chi connectivity index (χ4v) is 8.74. The van der Waals surface area contributed by atoms with Crippen LogP contribution in [0.15, 0.2) is 91.0 Å². The number of rotatable bonds is 3. The number of nitrogens with zero attached hydrogens (tertiary/aromatic N) is 1. The molecule has 2 bridgehead atoms. The summed E-state index contributed by atoms with van der Waals surface area (Å²) in [6, 6.07) is 32.5. The molecule has 1 nitrogen and oxygen atoms in total. The number of para-hydroxylation sites is 1. The number of benzene rings is 4. The van der Waals surface area contributed by atoms with E-state index < -0.39 is 0 Å². The monoisotopic (exact) mass is 523 g/mol. The molecule has 1 spiro atoms. The lowest BCUT2D eigenvalue weighted by molar-refractivity contribution is 0.0990. The maximum atomic E-state index is 6.90. The van der Waals surface area contributed by atoms with E-state index in [1.807, 2.05) is 12.1 Å². The van der Waals surface area contributed by atoms with E-state index in [4.69, 9.17) is 23.2 Å². The first kappa shape index (κ1) is 23.4. The summed E-state index contributed by atoms with van der Waals surface area (Å²) in [6.07, 6.45) is 3.81. The molecular weight excluding hydrogens is 493 g/mol. The van der Waals surface area contributed by atoms with Gasteiger partial charge in [-0.25, -0.2) is 0 Å². The highest BCUT2D eigenvalue weighted by Crippen LogP contribution is 2.78. The number of hydrogen-bond acceptors (Lipinski definition) is 1. The molecule has 37 heavy (non-hydrogen) atoms. The first-order valence-electron chi connectivity index (χ1n) is 13.3. The summed E-state index contributed by atoms with van der Waals surface area (Å²) in [5.74, 6) is 0.729. The predicted octanol–water partition coefficient (Wildman–Crippen LogP) is 10.6. The van der Waals surface area contributed by atoms with Crippen LogP contribution in [0.25, 0.3) is 11.1 Å². The van der Waals surface area contributed by atoms with Gasteiger partial charge in [-0.1, -0.05) is 105 Å². The van der Waals surface area contributed by atoms with Gasteiger partial charge < -0.3 is 4.90 Å². The molecule has 0 N–H and O–H groups in total. The molecule has 0 radical (unpaired) electrons. The fourth-order valence-electron chi connectivity index (χ4n) is 8.36. The number of anilines is 3. The number of fused-ring (bicyclic) bond motifs is 8. The zero-order valence-electron chi connectivity index (χ0n) is 21.6. The van der Waals surface area contributed by atoms with Crippen molar-refractivity contribution >= 4 is 40.3 Å². The van der Waals surface area contributed by atoms with Gasteiger partial charge >= 0.3 is 0 Å². The summed E-state index contributed by atoms with van der Waals surface area (Å²) in [6.45, 7) is 7.61. The molecule has 3 aliphatic carbocycles. The first-order chi connectivity index (χ1) is 17.8. The van der Waals surface area contributed by atoms with E-state index in [0.717, 1.165) is 23.0 Å². The van der Waals surface area contributed by atoms with Gasteiger partial charge in [0.1, 0.15) is 0 Å². The molecule has 0 saturated heterocycles. The first-order valence-corrected chi connectivity index (χ1v) is 14.1. The lowest BCUT2D eigenvalue weighted by Crippen LogP contribution is -2.44. The Bertz CT molecular complexity index is 1540. The van der Waals surface area contributed by atoms with Crippen molar-refractivity contribution in [3.8, 4) is 11.1 Å². The second-order valence-electron chi connectivity index (χ2n) is 11.9.